The summed E-state index contributed by atoms with van der Waals surface area (Å²) in [5.41, 5.74) is 1.97. The first-order valence-corrected chi connectivity index (χ1v) is 10.4. The maximum absolute atomic E-state index is 13.1. The van der Waals surface area contributed by atoms with E-state index in [4.69, 9.17) is 0 Å². The largest absolute Gasteiger partial charge is 0.586 e. The quantitative estimate of drug-likeness (QED) is 0.815. The molecule has 0 spiro atoms. The number of amides is 2. The molecular weight excluding hydrogens is 406 g/mol. The highest BCUT2D eigenvalue weighted by atomic mass is 32.2. The molecule has 2 aliphatic heterocycles. The first kappa shape index (κ1) is 19.4. The number of nitrogens with zero attached hydrogens (tertiary/aromatic N) is 1. The molecule has 0 radical (unpaired) electrons. The highest BCUT2D eigenvalue weighted by Gasteiger charge is 2.44. The Balaban J connectivity index is 1.54. The third-order valence-corrected chi connectivity index (χ3v) is 6.28. The maximum Gasteiger partial charge on any atom is 0.586 e. The third-order valence-electron chi connectivity index (χ3n) is 4.97. The molecule has 154 valence electrons. The van der Waals surface area contributed by atoms with E-state index in [-0.39, 0.29) is 16.7 Å². The molecule has 2 aliphatic rings. The molecule has 2 aromatic carbocycles. The smallest absolute Gasteiger partial charge is 0.395 e. The number of aryl methyl sites for hydroxylation is 1. The van der Waals surface area contributed by atoms with Crippen LogP contribution >= 0.6 is 0 Å². The molecule has 1 fully saturated rings. The highest BCUT2D eigenvalue weighted by Crippen LogP contribution is 2.42. The highest BCUT2D eigenvalue weighted by molar-refractivity contribution is 7.90. The van der Waals surface area contributed by atoms with E-state index < -0.39 is 28.1 Å². The van der Waals surface area contributed by atoms with Gasteiger partial charge in [-0.2, -0.15) is 0 Å². The first-order chi connectivity index (χ1) is 13.7. The van der Waals surface area contributed by atoms with Gasteiger partial charge in [0, 0.05) is 12.6 Å². The van der Waals surface area contributed by atoms with Crippen LogP contribution in [0.5, 0.6) is 11.5 Å². The van der Waals surface area contributed by atoms with E-state index in [0.717, 1.165) is 42.2 Å². The predicted octanol–water partition coefficient (Wildman–Crippen LogP) is 3.55. The topological polar surface area (TPSA) is 84.9 Å². The van der Waals surface area contributed by atoms with Crippen LogP contribution in [0.15, 0.2) is 47.4 Å². The lowest BCUT2D eigenvalue weighted by molar-refractivity contribution is -0.286. The lowest BCUT2D eigenvalue weighted by Gasteiger charge is -2.26. The molecule has 0 saturated carbocycles. The normalized spacial score (nSPS) is 20.0. The zero-order valence-electron chi connectivity index (χ0n) is 15.4. The molecule has 2 aromatic rings. The summed E-state index contributed by atoms with van der Waals surface area (Å²) in [4.78, 5) is 13.8. The summed E-state index contributed by atoms with van der Waals surface area (Å²) in [5.74, 6) is -0.691. The summed E-state index contributed by atoms with van der Waals surface area (Å²) in [6.45, 7) is 2.34. The number of ether oxygens (including phenoxy) is 2. The van der Waals surface area contributed by atoms with Gasteiger partial charge in [-0.15, -0.1) is 8.78 Å². The number of nitrogens with one attached hydrogen (secondary N) is 1. The van der Waals surface area contributed by atoms with E-state index in [9.17, 15) is 22.0 Å². The van der Waals surface area contributed by atoms with Gasteiger partial charge in [0.2, 0.25) is 0 Å². The number of carbonyl (C=O) groups is 1. The van der Waals surface area contributed by atoms with Gasteiger partial charge < -0.3 is 14.4 Å². The van der Waals surface area contributed by atoms with Crippen LogP contribution in [0.4, 0.5) is 13.6 Å². The molecule has 1 saturated heterocycles. The first-order valence-electron chi connectivity index (χ1n) is 8.95. The number of hydrogen-bond donors (Lipinski definition) is 1. The van der Waals surface area contributed by atoms with Gasteiger partial charge in [-0.25, -0.2) is 17.9 Å². The van der Waals surface area contributed by atoms with Gasteiger partial charge in [0.05, 0.1) is 10.9 Å². The summed E-state index contributed by atoms with van der Waals surface area (Å²) >= 11 is 0. The minimum absolute atomic E-state index is 0.234. The fraction of sp³-hybridized carbons (Fsp3) is 0.316. The van der Waals surface area contributed by atoms with Crippen LogP contribution in [0.25, 0.3) is 0 Å². The zero-order valence-corrected chi connectivity index (χ0v) is 16.2. The Morgan fingerprint density at radius 2 is 1.90 bits per heavy atom. The van der Waals surface area contributed by atoms with Crippen molar-refractivity contribution < 1.29 is 31.5 Å². The van der Waals surface area contributed by atoms with Crippen molar-refractivity contribution in [2.45, 2.75) is 37.0 Å². The van der Waals surface area contributed by atoms with Gasteiger partial charge in [-0.3, -0.25) is 0 Å². The molecule has 1 N–H and O–H groups in total. The SMILES string of the molecule is Cc1ccccc1C1CCCN1C(=O)NS(=O)(=O)c1ccc2c(c1)OC(F)(F)O2. The second-order valence-electron chi connectivity index (χ2n) is 6.89. The Labute approximate surface area is 166 Å². The average molecular weight is 424 g/mol. The summed E-state index contributed by atoms with van der Waals surface area (Å²) in [7, 11) is -4.29. The molecule has 0 bridgehead atoms. The average Bonchev–Trinajstić information content (AvgIpc) is 3.23. The van der Waals surface area contributed by atoms with E-state index in [1.54, 1.807) is 0 Å². The number of fused-ring (bicyclic) bond motifs is 1. The molecular formula is C19H18F2N2O5S. The van der Waals surface area contributed by atoms with Crippen LogP contribution in [-0.4, -0.2) is 32.2 Å². The maximum atomic E-state index is 13.1. The second kappa shape index (κ2) is 6.87. The van der Waals surface area contributed by atoms with Crippen molar-refractivity contribution in [2.75, 3.05) is 6.54 Å². The fourth-order valence-electron chi connectivity index (χ4n) is 3.62. The number of rotatable bonds is 3. The molecule has 1 atom stereocenters. The monoisotopic (exact) mass is 424 g/mol. The van der Waals surface area contributed by atoms with E-state index in [1.165, 1.54) is 4.90 Å². The van der Waals surface area contributed by atoms with Crippen molar-refractivity contribution in [1.29, 1.82) is 0 Å². The van der Waals surface area contributed by atoms with Gasteiger partial charge in [0.1, 0.15) is 0 Å². The summed E-state index contributed by atoms with van der Waals surface area (Å²) in [6.07, 6.45) is -2.40. The molecule has 4 rings (SSSR count). The Morgan fingerprint density at radius 1 is 1.17 bits per heavy atom. The fourth-order valence-corrected chi connectivity index (χ4v) is 4.60. The molecule has 0 aliphatic carbocycles. The standard InChI is InChI=1S/C19H18F2N2O5S/c1-12-5-2-3-6-14(12)15-7-4-10-23(15)18(24)22-29(25,26)13-8-9-16-17(11-13)28-19(20,21)27-16/h2-3,5-6,8-9,11,15H,4,7,10H2,1H3,(H,22,24). The minimum atomic E-state index is -4.29. The van der Waals surface area contributed by atoms with Crippen molar-refractivity contribution in [3.05, 3.63) is 53.6 Å². The number of carbonyl (C=O) groups excluding carboxylic acids is 1. The van der Waals surface area contributed by atoms with Crippen molar-refractivity contribution in [3.63, 3.8) is 0 Å². The van der Waals surface area contributed by atoms with Crippen LogP contribution in [0.3, 0.4) is 0 Å². The van der Waals surface area contributed by atoms with Gasteiger partial charge in [-0.1, -0.05) is 24.3 Å². The molecule has 0 aromatic heterocycles. The minimum Gasteiger partial charge on any atom is -0.395 e. The Bertz CT molecular complexity index is 1070. The predicted molar refractivity (Wildman–Crippen MR) is 98.2 cm³/mol. The third kappa shape index (κ3) is 3.71. The van der Waals surface area contributed by atoms with Gasteiger partial charge >= 0.3 is 12.3 Å². The van der Waals surface area contributed by atoms with E-state index in [1.807, 2.05) is 35.9 Å². The lowest BCUT2D eigenvalue weighted by Crippen LogP contribution is -2.42. The van der Waals surface area contributed by atoms with E-state index >= 15 is 0 Å². The number of halogens is 2. The molecule has 29 heavy (non-hydrogen) atoms. The molecule has 2 heterocycles. The Kier molecular flexibility index (Phi) is 4.60. The van der Waals surface area contributed by atoms with Crippen molar-refractivity contribution in [2.24, 2.45) is 0 Å². The van der Waals surface area contributed by atoms with Crippen LogP contribution in [-0.2, 0) is 10.0 Å². The van der Waals surface area contributed by atoms with Crippen LogP contribution in [0.2, 0.25) is 0 Å². The summed E-state index contributed by atoms with van der Waals surface area (Å²) < 4.78 is 62.1. The van der Waals surface area contributed by atoms with Gasteiger partial charge in [0.25, 0.3) is 10.0 Å². The van der Waals surface area contributed by atoms with Crippen LogP contribution < -0.4 is 14.2 Å². The van der Waals surface area contributed by atoms with Crippen molar-refractivity contribution in [3.8, 4) is 11.5 Å². The Hall–Kier alpha value is -2.88. The van der Waals surface area contributed by atoms with Crippen molar-refractivity contribution in [1.82, 2.24) is 9.62 Å². The molecule has 7 nitrogen and oxygen atoms in total. The van der Waals surface area contributed by atoms with Gasteiger partial charge in [0.15, 0.2) is 11.5 Å². The number of benzene rings is 2. The van der Waals surface area contributed by atoms with Crippen LogP contribution in [0.1, 0.15) is 30.0 Å². The number of sulfonamides is 1. The molecule has 10 heteroatoms. The zero-order chi connectivity index (χ0) is 20.8. The summed E-state index contributed by atoms with van der Waals surface area (Å²) in [6, 6.07) is 9.64. The Morgan fingerprint density at radius 3 is 2.66 bits per heavy atom. The lowest BCUT2D eigenvalue weighted by atomic mass is 10.00. The van der Waals surface area contributed by atoms with Crippen LogP contribution in [0, 0.1) is 6.92 Å². The van der Waals surface area contributed by atoms with E-state index in [2.05, 4.69) is 9.47 Å². The number of likely N-dealkylation sites (tertiary alicyclic amines) is 1. The summed E-state index contributed by atoms with van der Waals surface area (Å²) in [5, 5.41) is 0. The number of alkyl halides is 2. The number of urea groups is 1. The van der Waals surface area contributed by atoms with Crippen molar-refractivity contribution >= 4 is 16.1 Å². The molecule has 2 amide bonds. The number of hydrogen-bond acceptors (Lipinski definition) is 5. The van der Waals surface area contributed by atoms with Gasteiger partial charge in [-0.05, 0) is 43.0 Å². The van der Waals surface area contributed by atoms with E-state index in [0.29, 0.717) is 6.54 Å². The second-order valence-corrected chi connectivity index (χ2v) is 8.58. The molecule has 1 unspecified atom stereocenters.